The molecule has 0 N–H and O–H groups in total. The van der Waals surface area contributed by atoms with Crippen LogP contribution < -0.4 is 33.3 Å². The Balaban J connectivity index is 1.19. The van der Waals surface area contributed by atoms with Crippen molar-refractivity contribution >= 4 is 21.6 Å². The van der Waals surface area contributed by atoms with Crippen LogP contribution in [0.15, 0.2) is 95.7 Å². The van der Waals surface area contributed by atoms with E-state index in [0.29, 0.717) is 40.5 Å². The maximum Gasteiger partial charge on any atom is 0.203 e. The van der Waals surface area contributed by atoms with E-state index in [9.17, 15) is 0 Å². The first-order valence-electron chi connectivity index (χ1n) is 17.3. The maximum atomic E-state index is 5.64. The van der Waals surface area contributed by atoms with Gasteiger partial charge in [-0.3, -0.25) is 9.88 Å². The Kier molecular flexibility index (Phi) is 12.1. The minimum absolute atomic E-state index is 0.381. The molecule has 1 aliphatic rings. The summed E-state index contributed by atoms with van der Waals surface area (Å²) in [5.41, 5.74) is 7.66. The largest absolute Gasteiger partial charge is 0.493 e. The zero-order valence-electron chi connectivity index (χ0n) is 30.6. The Morgan fingerprint density at radius 1 is 0.615 bits per heavy atom. The fraction of sp³-hybridized carbons (Fsp3) is 0.310. The number of aromatic nitrogens is 1. The van der Waals surface area contributed by atoms with Crippen molar-refractivity contribution in [2.24, 2.45) is 0 Å². The highest BCUT2D eigenvalue weighted by Crippen LogP contribution is 2.42. The fourth-order valence-corrected chi connectivity index (χ4v) is 7.25. The number of hydrogen-bond donors (Lipinski definition) is 0. The van der Waals surface area contributed by atoms with E-state index in [4.69, 9.17) is 28.4 Å². The van der Waals surface area contributed by atoms with Crippen LogP contribution in [0.3, 0.4) is 0 Å². The average molecular weight is 769 g/mol. The first kappa shape index (κ1) is 36.8. The Morgan fingerprint density at radius 2 is 1.15 bits per heavy atom. The van der Waals surface area contributed by atoms with Gasteiger partial charge in [-0.1, -0.05) is 34.1 Å². The highest BCUT2D eigenvalue weighted by atomic mass is 79.9. The van der Waals surface area contributed by atoms with Crippen molar-refractivity contribution in [1.29, 1.82) is 0 Å². The second-order valence-electron chi connectivity index (χ2n) is 12.7. The van der Waals surface area contributed by atoms with Crippen LogP contribution in [0.1, 0.15) is 24.0 Å². The van der Waals surface area contributed by atoms with Crippen LogP contribution in [0.2, 0.25) is 0 Å². The predicted molar refractivity (Wildman–Crippen MR) is 209 cm³/mol. The van der Waals surface area contributed by atoms with Gasteiger partial charge in [0.25, 0.3) is 0 Å². The number of halogens is 1. The van der Waals surface area contributed by atoms with Crippen LogP contribution >= 0.6 is 15.9 Å². The molecule has 1 aromatic heterocycles. The summed E-state index contributed by atoms with van der Waals surface area (Å²) in [7, 11) is 9.78. The van der Waals surface area contributed by atoms with Crippen molar-refractivity contribution in [1.82, 2.24) is 9.88 Å². The third-order valence-corrected chi connectivity index (χ3v) is 10.2. The quantitative estimate of drug-likeness (QED) is 0.110. The molecule has 6 rings (SSSR count). The zero-order chi connectivity index (χ0) is 36.6. The van der Waals surface area contributed by atoms with Crippen LogP contribution in [0.5, 0.6) is 34.5 Å². The summed E-state index contributed by atoms with van der Waals surface area (Å²) in [5.74, 6) is 3.66. The molecule has 1 fully saturated rings. The molecule has 0 unspecified atom stereocenters. The summed E-state index contributed by atoms with van der Waals surface area (Å²) in [4.78, 5) is 9.69. The third-order valence-electron chi connectivity index (χ3n) is 9.63. The van der Waals surface area contributed by atoms with Crippen molar-refractivity contribution < 1.29 is 28.4 Å². The summed E-state index contributed by atoms with van der Waals surface area (Å²) < 4.78 is 34.6. The number of rotatable bonds is 14. The van der Waals surface area contributed by atoms with Gasteiger partial charge in [-0.05, 0) is 101 Å². The SMILES string of the molecule is COc1cc(-c2cncc(CN3CCC(N(Cc4cccc(-c5cc(OC)c(OC)c(OC)c5)c4)c4ccc(Br)cc4)CC3)c2)cc(OC)c1OC. The number of hydrogen-bond acceptors (Lipinski definition) is 9. The number of pyridine rings is 1. The van der Waals surface area contributed by atoms with E-state index in [1.165, 1.54) is 11.3 Å². The highest BCUT2D eigenvalue weighted by molar-refractivity contribution is 9.10. The van der Waals surface area contributed by atoms with Crippen LogP contribution in [-0.2, 0) is 13.1 Å². The predicted octanol–water partition coefficient (Wildman–Crippen LogP) is 8.90. The molecule has 4 aromatic carbocycles. The van der Waals surface area contributed by atoms with Crippen molar-refractivity contribution in [2.45, 2.75) is 32.0 Å². The number of likely N-dealkylation sites (tertiary alicyclic amines) is 1. The summed E-state index contributed by atoms with van der Waals surface area (Å²) in [5, 5.41) is 0. The number of anilines is 1. The Bertz CT molecular complexity index is 1910. The lowest BCUT2D eigenvalue weighted by atomic mass is 9.98. The molecule has 1 saturated heterocycles. The molecule has 272 valence electrons. The van der Waals surface area contributed by atoms with Gasteiger partial charge < -0.3 is 33.3 Å². The second-order valence-corrected chi connectivity index (χ2v) is 13.6. The molecule has 0 spiro atoms. The number of piperidine rings is 1. The van der Waals surface area contributed by atoms with E-state index in [0.717, 1.165) is 71.3 Å². The number of benzene rings is 4. The van der Waals surface area contributed by atoms with Gasteiger partial charge in [0.05, 0.1) is 42.7 Å². The van der Waals surface area contributed by atoms with Gasteiger partial charge in [0.15, 0.2) is 23.0 Å². The van der Waals surface area contributed by atoms with Crippen molar-refractivity contribution in [3.05, 3.63) is 107 Å². The number of ether oxygens (including phenoxy) is 6. The van der Waals surface area contributed by atoms with Crippen LogP contribution in [0, 0.1) is 0 Å². The normalized spacial score (nSPS) is 13.4. The van der Waals surface area contributed by atoms with Crippen LogP contribution in [0.25, 0.3) is 22.3 Å². The molecule has 0 radical (unpaired) electrons. The molecular formula is C42H46BrN3O6. The van der Waals surface area contributed by atoms with Crippen molar-refractivity contribution in [3.8, 4) is 56.8 Å². The molecule has 10 heteroatoms. The van der Waals surface area contributed by atoms with Gasteiger partial charge in [-0.25, -0.2) is 0 Å². The van der Waals surface area contributed by atoms with E-state index < -0.39 is 0 Å². The first-order valence-corrected chi connectivity index (χ1v) is 18.0. The molecule has 52 heavy (non-hydrogen) atoms. The van der Waals surface area contributed by atoms with Crippen LogP contribution in [-0.4, -0.2) is 71.7 Å². The van der Waals surface area contributed by atoms with E-state index in [-0.39, 0.29) is 0 Å². The number of methoxy groups -OCH3 is 6. The van der Waals surface area contributed by atoms with E-state index in [2.05, 4.69) is 85.3 Å². The Morgan fingerprint density at radius 3 is 1.69 bits per heavy atom. The monoisotopic (exact) mass is 767 g/mol. The van der Waals surface area contributed by atoms with Gasteiger partial charge in [-0.2, -0.15) is 0 Å². The molecule has 9 nitrogen and oxygen atoms in total. The first-order chi connectivity index (χ1) is 25.4. The van der Waals surface area contributed by atoms with Crippen LogP contribution in [0.4, 0.5) is 5.69 Å². The summed E-state index contributed by atoms with van der Waals surface area (Å²) >= 11 is 3.63. The molecule has 0 bridgehead atoms. The van der Waals surface area contributed by atoms with Crippen molar-refractivity contribution in [3.63, 3.8) is 0 Å². The molecule has 0 atom stereocenters. The summed E-state index contributed by atoms with van der Waals surface area (Å²) in [6, 6.07) is 27.9. The molecular weight excluding hydrogens is 722 g/mol. The maximum absolute atomic E-state index is 5.64. The summed E-state index contributed by atoms with van der Waals surface area (Å²) in [6.07, 6.45) is 5.93. The number of nitrogens with zero attached hydrogens (tertiary/aromatic N) is 3. The van der Waals surface area contributed by atoms with Gasteiger partial charge in [-0.15, -0.1) is 0 Å². The van der Waals surface area contributed by atoms with Gasteiger partial charge in [0.2, 0.25) is 11.5 Å². The third kappa shape index (κ3) is 8.24. The Labute approximate surface area is 315 Å². The molecule has 1 aliphatic heterocycles. The Hall–Kier alpha value is -4.93. The van der Waals surface area contributed by atoms with Gasteiger partial charge in [0, 0.05) is 60.3 Å². The summed E-state index contributed by atoms with van der Waals surface area (Å²) in [6.45, 7) is 3.58. The lowest BCUT2D eigenvalue weighted by Crippen LogP contribution is -2.44. The van der Waals surface area contributed by atoms with Gasteiger partial charge in [0.1, 0.15) is 0 Å². The van der Waals surface area contributed by atoms with E-state index in [1.807, 2.05) is 36.7 Å². The van der Waals surface area contributed by atoms with E-state index >= 15 is 0 Å². The standard InChI is InChI=1S/C42H46BrN3O6/c1-47-37-20-31(21-38(48-2)41(37)51-5)30-9-7-8-28(18-30)27-46(35-12-10-34(43)11-13-35)36-14-16-45(17-15-36)26-29-19-33(25-44-24-29)32-22-39(49-3)42(52-6)40(23-32)50-4/h7-13,18-25,36H,14-17,26-27H2,1-6H3. The minimum atomic E-state index is 0.381. The lowest BCUT2D eigenvalue weighted by molar-refractivity contribution is 0.200. The topological polar surface area (TPSA) is 74.8 Å². The van der Waals surface area contributed by atoms with E-state index in [1.54, 1.807) is 42.7 Å². The molecule has 2 heterocycles. The smallest absolute Gasteiger partial charge is 0.203 e. The minimum Gasteiger partial charge on any atom is -0.493 e. The zero-order valence-corrected chi connectivity index (χ0v) is 32.2. The average Bonchev–Trinajstić information content (AvgIpc) is 3.19. The highest BCUT2D eigenvalue weighted by Gasteiger charge is 2.26. The van der Waals surface area contributed by atoms with Gasteiger partial charge >= 0.3 is 0 Å². The van der Waals surface area contributed by atoms with Crippen molar-refractivity contribution in [2.75, 3.05) is 60.6 Å². The second kappa shape index (κ2) is 17.1. The molecule has 5 aromatic rings. The molecule has 0 amide bonds. The fourth-order valence-electron chi connectivity index (χ4n) is 6.98. The molecule has 0 saturated carbocycles. The molecule has 0 aliphatic carbocycles. The lowest BCUT2D eigenvalue weighted by Gasteiger charge is -2.40.